The van der Waals surface area contributed by atoms with Crippen molar-refractivity contribution in [3.8, 4) is 0 Å². The lowest BCUT2D eigenvalue weighted by Gasteiger charge is -2.24. The molecule has 0 aromatic carbocycles. The molecule has 2 rings (SSSR count). The lowest BCUT2D eigenvalue weighted by molar-refractivity contribution is 0.214. The lowest BCUT2D eigenvalue weighted by atomic mass is 10.0. The van der Waals surface area contributed by atoms with Crippen LogP contribution in [0.25, 0.3) is 0 Å². The predicted octanol–water partition coefficient (Wildman–Crippen LogP) is 0.905. The third-order valence-corrected chi connectivity index (χ3v) is 4.22. The highest BCUT2D eigenvalue weighted by Gasteiger charge is 2.26. The van der Waals surface area contributed by atoms with Gasteiger partial charge >= 0.3 is 0 Å². The van der Waals surface area contributed by atoms with Gasteiger partial charge in [0.15, 0.2) is 5.82 Å². The Hall–Kier alpha value is -0.980. The molecule has 20 heavy (non-hydrogen) atoms. The van der Waals surface area contributed by atoms with Crippen LogP contribution in [0.2, 0.25) is 0 Å². The number of hydrogen-bond acceptors (Lipinski definition) is 6. The van der Waals surface area contributed by atoms with E-state index in [1.807, 2.05) is 0 Å². The molecule has 1 fully saturated rings. The van der Waals surface area contributed by atoms with E-state index in [0.717, 1.165) is 44.2 Å². The number of nitrogens with zero attached hydrogens (tertiary/aromatic N) is 4. The highest BCUT2D eigenvalue weighted by Crippen LogP contribution is 2.21. The predicted molar refractivity (Wildman–Crippen MR) is 78.3 cm³/mol. The molecular weight excluding hydrogens is 254 g/mol. The summed E-state index contributed by atoms with van der Waals surface area (Å²) in [5.41, 5.74) is 5.74. The maximum Gasteiger partial charge on any atom is 0.227 e. The zero-order chi connectivity index (χ0) is 14.5. The van der Waals surface area contributed by atoms with E-state index in [1.165, 1.54) is 6.42 Å². The molecule has 1 aliphatic rings. The van der Waals surface area contributed by atoms with Gasteiger partial charge in [0, 0.05) is 13.0 Å². The molecule has 0 aliphatic carbocycles. The van der Waals surface area contributed by atoms with Crippen molar-refractivity contribution < 1.29 is 4.52 Å². The van der Waals surface area contributed by atoms with Crippen LogP contribution in [0.4, 0.5) is 0 Å². The first-order valence-electron chi connectivity index (χ1n) is 7.55. The number of aromatic nitrogens is 2. The van der Waals surface area contributed by atoms with Crippen molar-refractivity contribution in [3.05, 3.63) is 11.7 Å². The van der Waals surface area contributed by atoms with Gasteiger partial charge in [0.1, 0.15) is 0 Å². The van der Waals surface area contributed by atoms with Gasteiger partial charge < -0.3 is 15.2 Å². The minimum Gasteiger partial charge on any atom is -0.339 e. The fourth-order valence-electron chi connectivity index (χ4n) is 2.68. The molecule has 2 heterocycles. The van der Waals surface area contributed by atoms with Crippen LogP contribution >= 0.6 is 0 Å². The standard InChI is InChI=1S/C14H27N5O/c1-4-11(9-15)8-13-16-14(17-20-13)12-10-18(2)6-5-7-19(12)3/h11-12H,4-10,15H2,1-3H3. The van der Waals surface area contributed by atoms with E-state index in [9.17, 15) is 0 Å². The Balaban J connectivity index is 2.06. The number of likely N-dealkylation sites (N-methyl/N-ethyl adjacent to an activating group) is 2. The summed E-state index contributed by atoms with van der Waals surface area (Å²) >= 11 is 0. The molecule has 0 radical (unpaired) electrons. The lowest BCUT2D eigenvalue weighted by Crippen LogP contribution is -2.31. The Morgan fingerprint density at radius 2 is 2.20 bits per heavy atom. The Bertz CT molecular complexity index is 404. The van der Waals surface area contributed by atoms with Crippen molar-refractivity contribution >= 4 is 0 Å². The fraction of sp³-hybridized carbons (Fsp3) is 0.857. The second-order valence-electron chi connectivity index (χ2n) is 5.87. The first-order chi connectivity index (χ1) is 9.63. The molecule has 6 nitrogen and oxygen atoms in total. The summed E-state index contributed by atoms with van der Waals surface area (Å²) in [7, 11) is 4.28. The van der Waals surface area contributed by atoms with Gasteiger partial charge in [0.25, 0.3) is 0 Å². The van der Waals surface area contributed by atoms with Gasteiger partial charge in [-0.3, -0.25) is 4.90 Å². The van der Waals surface area contributed by atoms with Gasteiger partial charge in [0.05, 0.1) is 6.04 Å². The molecule has 0 spiro atoms. The van der Waals surface area contributed by atoms with E-state index in [-0.39, 0.29) is 6.04 Å². The molecule has 1 saturated heterocycles. The van der Waals surface area contributed by atoms with Crippen molar-refractivity contribution in [2.75, 3.05) is 40.3 Å². The largest absolute Gasteiger partial charge is 0.339 e. The normalized spacial score (nSPS) is 23.7. The van der Waals surface area contributed by atoms with Crippen LogP contribution in [0.3, 0.4) is 0 Å². The zero-order valence-corrected chi connectivity index (χ0v) is 12.9. The zero-order valence-electron chi connectivity index (χ0n) is 12.9. The average molecular weight is 281 g/mol. The maximum absolute atomic E-state index is 5.74. The van der Waals surface area contributed by atoms with Crippen LogP contribution in [0.15, 0.2) is 4.52 Å². The topological polar surface area (TPSA) is 71.4 Å². The molecule has 6 heteroatoms. The average Bonchev–Trinajstić information content (AvgIpc) is 2.83. The summed E-state index contributed by atoms with van der Waals surface area (Å²) < 4.78 is 5.41. The van der Waals surface area contributed by atoms with E-state index < -0.39 is 0 Å². The first-order valence-corrected chi connectivity index (χ1v) is 7.55. The van der Waals surface area contributed by atoms with Gasteiger partial charge in [-0.15, -0.1) is 0 Å². The summed E-state index contributed by atoms with van der Waals surface area (Å²) in [6, 6.07) is 0.220. The Labute approximate surface area is 121 Å². The minimum atomic E-state index is 0.220. The van der Waals surface area contributed by atoms with E-state index >= 15 is 0 Å². The number of nitrogens with two attached hydrogens (primary N) is 1. The summed E-state index contributed by atoms with van der Waals surface area (Å²) in [6.45, 7) is 5.95. The molecule has 1 aromatic heterocycles. The van der Waals surface area contributed by atoms with E-state index in [2.05, 4.69) is 41.0 Å². The fourth-order valence-corrected chi connectivity index (χ4v) is 2.68. The van der Waals surface area contributed by atoms with Crippen LogP contribution in [-0.4, -0.2) is 60.2 Å². The van der Waals surface area contributed by atoms with E-state index in [1.54, 1.807) is 0 Å². The second-order valence-corrected chi connectivity index (χ2v) is 5.87. The monoisotopic (exact) mass is 281 g/mol. The molecule has 2 unspecified atom stereocenters. The smallest absolute Gasteiger partial charge is 0.227 e. The van der Waals surface area contributed by atoms with Crippen molar-refractivity contribution in [2.24, 2.45) is 11.7 Å². The van der Waals surface area contributed by atoms with Crippen LogP contribution in [0.1, 0.15) is 37.5 Å². The Morgan fingerprint density at radius 1 is 1.40 bits per heavy atom. The molecule has 0 amide bonds. The van der Waals surface area contributed by atoms with Crippen LogP contribution in [0, 0.1) is 5.92 Å². The van der Waals surface area contributed by atoms with Crippen molar-refractivity contribution in [1.29, 1.82) is 0 Å². The minimum absolute atomic E-state index is 0.220. The number of hydrogen-bond donors (Lipinski definition) is 1. The van der Waals surface area contributed by atoms with Gasteiger partial charge in [-0.25, -0.2) is 0 Å². The van der Waals surface area contributed by atoms with Gasteiger partial charge in [-0.05, 0) is 46.1 Å². The van der Waals surface area contributed by atoms with Crippen molar-refractivity contribution in [2.45, 2.75) is 32.2 Å². The molecule has 0 bridgehead atoms. The van der Waals surface area contributed by atoms with Gasteiger partial charge in [-0.2, -0.15) is 4.98 Å². The molecule has 1 aliphatic heterocycles. The summed E-state index contributed by atoms with van der Waals surface area (Å²) in [5.74, 6) is 1.96. The maximum atomic E-state index is 5.74. The van der Waals surface area contributed by atoms with Crippen molar-refractivity contribution in [3.63, 3.8) is 0 Å². The summed E-state index contributed by atoms with van der Waals surface area (Å²) in [4.78, 5) is 9.24. The Morgan fingerprint density at radius 3 is 2.90 bits per heavy atom. The highest BCUT2D eigenvalue weighted by molar-refractivity contribution is 4.97. The van der Waals surface area contributed by atoms with Crippen LogP contribution in [0.5, 0.6) is 0 Å². The second kappa shape index (κ2) is 7.15. The molecule has 1 aromatic rings. The SMILES string of the molecule is CCC(CN)Cc1nc(C2CN(C)CCCN2C)no1. The van der Waals surface area contributed by atoms with Crippen LogP contribution < -0.4 is 5.73 Å². The van der Waals surface area contributed by atoms with E-state index in [4.69, 9.17) is 10.3 Å². The number of rotatable bonds is 5. The van der Waals surface area contributed by atoms with E-state index in [0.29, 0.717) is 12.5 Å². The molecule has 2 N–H and O–H groups in total. The molecular formula is C14H27N5O. The summed E-state index contributed by atoms with van der Waals surface area (Å²) in [6.07, 6.45) is 3.01. The van der Waals surface area contributed by atoms with Crippen molar-refractivity contribution in [1.82, 2.24) is 19.9 Å². The van der Waals surface area contributed by atoms with Crippen LogP contribution in [-0.2, 0) is 6.42 Å². The van der Waals surface area contributed by atoms with Gasteiger partial charge in [-0.1, -0.05) is 18.5 Å². The first kappa shape index (κ1) is 15.4. The van der Waals surface area contributed by atoms with Gasteiger partial charge in [0.2, 0.25) is 5.89 Å². The third-order valence-electron chi connectivity index (χ3n) is 4.22. The Kier molecular flexibility index (Phi) is 5.51. The summed E-state index contributed by atoms with van der Waals surface area (Å²) in [5, 5.41) is 4.19. The quantitative estimate of drug-likeness (QED) is 0.865. The molecule has 0 saturated carbocycles. The highest BCUT2D eigenvalue weighted by atomic mass is 16.5. The third kappa shape index (κ3) is 3.77. The molecule has 2 atom stereocenters. The molecule has 114 valence electrons.